The molecule has 1 radical (unpaired) electrons. The van der Waals surface area contributed by atoms with E-state index < -0.39 is 0 Å². The van der Waals surface area contributed by atoms with Gasteiger partial charge in [-0.15, -0.1) is 0 Å². The maximum atomic E-state index is 5.69. The van der Waals surface area contributed by atoms with E-state index in [-0.39, 0.29) is 0 Å². The van der Waals surface area contributed by atoms with Crippen molar-refractivity contribution < 1.29 is 4.74 Å². The summed E-state index contributed by atoms with van der Waals surface area (Å²) in [5.41, 5.74) is 1.17. The van der Waals surface area contributed by atoms with Gasteiger partial charge in [-0.3, -0.25) is 0 Å². The molecule has 0 bridgehead atoms. The quantitative estimate of drug-likeness (QED) is 0.583. The van der Waals surface area contributed by atoms with E-state index in [1.165, 1.54) is 37.7 Å². The summed E-state index contributed by atoms with van der Waals surface area (Å²) >= 11 is 0. The number of unbranched alkanes of at least 4 members (excludes halogenated alkanes) is 5. The van der Waals surface area contributed by atoms with Crippen molar-refractivity contribution in [3.8, 4) is 5.75 Å². The van der Waals surface area contributed by atoms with Gasteiger partial charge >= 0.3 is 0 Å². The van der Waals surface area contributed by atoms with Gasteiger partial charge in [0.15, 0.2) is 0 Å². The lowest BCUT2D eigenvalue weighted by Gasteiger charge is -2.07. The molecule has 89 valence electrons. The summed E-state index contributed by atoms with van der Waals surface area (Å²) in [6.45, 7) is 5.14. The van der Waals surface area contributed by atoms with Gasteiger partial charge in [0.2, 0.25) is 0 Å². The Morgan fingerprint density at radius 2 is 1.88 bits per heavy atom. The van der Waals surface area contributed by atoms with Crippen molar-refractivity contribution in [2.24, 2.45) is 0 Å². The first kappa shape index (κ1) is 13.1. The molecule has 1 aromatic carbocycles. The third-order valence-electron chi connectivity index (χ3n) is 2.76. The van der Waals surface area contributed by atoms with Gasteiger partial charge in [-0.05, 0) is 18.9 Å². The Morgan fingerprint density at radius 1 is 1.12 bits per heavy atom. The normalized spacial score (nSPS) is 10.4. The number of benzene rings is 1. The molecule has 0 aromatic heterocycles. The summed E-state index contributed by atoms with van der Waals surface area (Å²) in [7, 11) is 0. The van der Waals surface area contributed by atoms with Crippen LogP contribution in [0.5, 0.6) is 5.75 Å². The summed E-state index contributed by atoms with van der Waals surface area (Å²) in [6, 6.07) is 9.09. The Labute approximate surface area is 99.8 Å². The molecule has 0 spiro atoms. The van der Waals surface area contributed by atoms with Crippen molar-refractivity contribution >= 4 is 0 Å². The maximum absolute atomic E-state index is 5.69. The molecular weight excluding hydrogens is 196 g/mol. The van der Waals surface area contributed by atoms with E-state index in [0.717, 1.165) is 18.8 Å². The number of para-hydroxylation sites is 1. The van der Waals surface area contributed by atoms with Crippen molar-refractivity contribution in [3.05, 3.63) is 29.8 Å². The Balaban J connectivity index is 2.05. The van der Waals surface area contributed by atoms with Crippen LogP contribution >= 0.6 is 0 Å². The second kappa shape index (κ2) is 8.20. The zero-order valence-electron chi connectivity index (χ0n) is 10.6. The lowest BCUT2D eigenvalue weighted by molar-refractivity contribution is 0.302. The fraction of sp³-hybridized carbons (Fsp3) is 0.600. The Hall–Kier alpha value is -0.980. The van der Waals surface area contributed by atoms with Gasteiger partial charge in [0.05, 0.1) is 6.61 Å². The summed E-state index contributed by atoms with van der Waals surface area (Å²) < 4.78 is 5.69. The molecule has 1 nitrogen and oxygen atoms in total. The van der Waals surface area contributed by atoms with Crippen LogP contribution < -0.4 is 4.74 Å². The number of ether oxygens (including phenoxy) is 1. The van der Waals surface area contributed by atoms with Crippen LogP contribution in [0.1, 0.15) is 51.0 Å². The van der Waals surface area contributed by atoms with Crippen LogP contribution in [-0.2, 0) is 0 Å². The maximum Gasteiger partial charge on any atom is 0.130 e. The van der Waals surface area contributed by atoms with Crippen molar-refractivity contribution in [2.75, 3.05) is 6.61 Å². The average Bonchev–Trinajstić information content (AvgIpc) is 2.30. The second-order valence-corrected chi connectivity index (χ2v) is 4.30. The molecule has 1 rings (SSSR count). The largest absolute Gasteiger partial charge is 0.493 e. The van der Waals surface area contributed by atoms with Crippen molar-refractivity contribution in [1.82, 2.24) is 0 Å². The topological polar surface area (TPSA) is 9.23 Å². The first-order valence-corrected chi connectivity index (χ1v) is 6.44. The van der Waals surface area contributed by atoms with E-state index in [1.807, 2.05) is 12.1 Å². The Morgan fingerprint density at radius 3 is 2.62 bits per heavy atom. The van der Waals surface area contributed by atoms with Crippen LogP contribution in [0.3, 0.4) is 0 Å². The number of hydrogen-bond donors (Lipinski definition) is 0. The molecular formula is C15H23O. The van der Waals surface area contributed by atoms with Crippen molar-refractivity contribution in [2.45, 2.75) is 52.4 Å². The molecule has 1 aromatic rings. The molecule has 0 aliphatic heterocycles. The third kappa shape index (κ3) is 5.20. The zero-order valence-corrected chi connectivity index (χ0v) is 10.6. The van der Waals surface area contributed by atoms with Crippen LogP contribution in [0, 0.1) is 13.0 Å². The number of aryl methyl sites for hydroxylation is 1. The smallest absolute Gasteiger partial charge is 0.130 e. The second-order valence-electron chi connectivity index (χ2n) is 4.30. The van der Waals surface area contributed by atoms with E-state index in [4.69, 9.17) is 4.74 Å². The fourth-order valence-corrected chi connectivity index (χ4v) is 1.72. The van der Waals surface area contributed by atoms with Crippen LogP contribution in [0.2, 0.25) is 0 Å². The Kier molecular flexibility index (Phi) is 6.71. The molecule has 0 atom stereocenters. The van der Waals surface area contributed by atoms with E-state index in [2.05, 4.69) is 26.0 Å². The van der Waals surface area contributed by atoms with E-state index in [0.29, 0.717) is 0 Å². The van der Waals surface area contributed by atoms with Crippen molar-refractivity contribution in [3.63, 3.8) is 0 Å². The van der Waals surface area contributed by atoms with Gasteiger partial charge in [-0.1, -0.05) is 57.2 Å². The minimum atomic E-state index is 0.827. The van der Waals surface area contributed by atoms with Crippen LogP contribution in [0.4, 0.5) is 0 Å². The highest BCUT2D eigenvalue weighted by Crippen LogP contribution is 2.16. The van der Waals surface area contributed by atoms with E-state index in [9.17, 15) is 0 Å². The van der Waals surface area contributed by atoms with Gasteiger partial charge in [0, 0.05) is 6.07 Å². The standard InChI is InChI=1S/C15H23O/c1-3-4-5-6-7-10-13-16-15-12-9-8-11-14(15)2/h8-9,11H,3-7,10,13H2,1-2H3. The monoisotopic (exact) mass is 219 g/mol. The predicted octanol–water partition coefficient (Wildman–Crippen LogP) is 4.53. The van der Waals surface area contributed by atoms with E-state index in [1.54, 1.807) is 0 Å². The highest BCUT2D eigenvalue weighted by atomic mass is 16.5. The SMILES string of the molecule is CCCCCCCCOc1[c]cccc1C. The third-order valence-corrected chi connectivity index (χ3v) is 2.76. The Bertz CT molecular complexity index is 281. The summed E-state index contributed by atoms with van der Waals surface area (Å²) in [5, 5.41) is 0. The molecule has 0 aliphatic rings. The van der Waals surface area contributed by atoms with Crippen LogP contribution in [0.15, 0.2) is 18.2 Å². The molecule has 0 N–H and O–H groups in total. The van der Waals surface area contributed by atoms with E-state index >= 15 is 0 Å². The predicted molar refractivity (Wildman–Crippen MR) is 68.9 cm³/mol. The van der Waals surface area contributed by atoms with Gasteiger partial charge in [-0.25, -0.2) is 0 Å². The lowest BCUT2D eigenvalue weighted by atomic mass is 10.1. The molecule has 0 saturated carbocycles. The highest BCUT2D eigenvalue weighted by molar-refractivity contribution is 5.30. The average molecular weight is 219 g/mol. The fourth-order valence-electron chi connectivity index (χ4n) is 1.72. The van der Waals surface area contributed by atoms with Crippen LogP contribution in [-0.4, -0.2) is 6.61 Å². The van der Waals surface area contributed by atoms with Gasteiger partial charge in [0.1, 0.15) is 5.75 Å². The summed E-state index contributed by atoms with van der Waals surface area (Å²) in [6.07, 6.45) is 7.83. The molecule has 1 heteroatoms. The highest BCUT2D eigenvalue weighted by Gasteiger charge is 1.97. The first-order chi connectivity index (χ1) is 7.84. The molecule has 0 fully saturated rings. The lowest BCUT2D eigenvalue weighted by Crippen LogP contribution is -1.98. The molecule has 0 saturated heterocycles. The minimum absolute atomic E-state index is 0.827. The van der Waals surface area contributed by atoms with Gasteiger partial charge < -0.3 is 4.74 Å². The zero-order chi connectivity index (χ0) is 11.6. The van der Waals surface area contributed by atoms with Crippen molar-refractivity contribution in [1.29, 1.82) is 0 Å². The molecule has 0 aliphatic carbocycles. The van der Waals surface area contributed by atoms with Gasteiger partial charge in [-0.2, -0.15) is 0 Å². The molecule has 16 heavy (non-hydrogen) atoms. The summed E-state index contributed by atoms with van der Waals surface area (Å²) in [4.78, 5) is 0. The summed E-state index contributed by atoms with van der Waals surface area (Å²) in [5.74, 6) is 0.913. The van der Waals surface area contributed by atoms with Crippen LogP contribution in [0.25, 0.3) is 0 Å². The van der Waals surface area contributed by atoms with Gasteiger partial charge in [0.25, 0.3) is 0 Å². The minimum Gasteiger partial charge on any atom is -0.493 e. The molecule has 0 heterocycles. The number of hydrogen-bond acceptors (Lipinski definition) is 1. The molecule has 0 unspecified atom stereocenters. The number of rotatable bonds is 8. The first-order valence-electron chi connectivity index (χ1n) is 6.44. The molecule has 0 amide bonds.